The lowest BCUT2D eigenvalue weighted by Gasteiger charge is -2.59. The number of aliphatic hydroxyl groups excluding tert-OH is 3. The molecule has 2 saturated carbocycles. The molecule has 0 spiro atoms. The fraction of sp³-hybridized carbons (Fsp3) is 0.477. The van der Waals surface area contributed by atoms with Crippen molar-refractivity contribution in [2.24, 2.45) is 17.8 Å². The first kappa shape index (κ1) is 37.5. The molecule has 0 amide bonds. The number of phenolic OH excluding ortho intramolecular Hbond substituents is 1. The molecule has 1 aromatic heterocycles. The van der Waals surface area contributed by atoms with Crippen molar-refractivity contribution in [1.82, 2.24) is 10.3 Å². The van der Waals surface area contributed by atoms with Crippen LogP contribution in [0.25, 0.3) is 32.4 Å². The van der Waals surface area contributed by atoms with Crippen molar-refractivity contribution in [3.63, 3.8) is 0 Å². The fourth-order valence-electron chi connectivity index (χ4n) is 11.1. The minimum absolute atomic E-state index is 0.0645. The zero-order valence-electron chi connectivity index (χ0n) is 31.4. The lowest BCUT2D eigenvalue weighted by molar-refractivity contribution is -0.311. The van der Waals surface area contributed by atoms with Crippen LogP contribution in [0.1, 0.15) is 56.2 Å². The number of carbonyl (C=O) groups is 1. The lowest BCUT2D eigenvalue weighted by atomic mass is 9.52. The molecule has 56 heavy (non-hydrogen) atoms. The van der Waals surface area contributed by atoms with E-state index in [1.165, 1.54) is 0 Å². The summed E-state index contributed by atoms with van der Waals surface area (Å²) in [5.74, 6) is -4.40. The number of benzene rings is 4. The largest absolute Gasteiger partial charge is 0.508 e. The molecule has 12 nitrogen and oxygen atoms in total. The van der Waals surface area contributed by atoms with E-state index in [1.807, 2.05) is 67.7 Å². The average molecular weight is 767 g/mol. The number of nitrogens with one attached hydrogen (secondary N) is 2. The number of fused-ring (bicyclic) bond motifs is 6. The Bertz CT molecular complexity index is 2270. The number of H-pyrrole nitrogens is 1. The van der Waals surface area contributed by atoms with Gasteiger partial charge in [-0.3, -0.25) is 0 Å². The third kappa shape index (κ3) is 5.68. The highest BCUT2D eigenvalue weighted by Crippen LogP contribution is 2.59. The first-order valence-corrected chi connectivity index (χ1v) is 19.8. The van der Waals surface area contributed by atoms with E-state index in [0.717, 1.165) is 59.2 Å². The van der Waals surface area contributed by atoms with Crippen molar-refractivity contribution in [3.05, 3.63) is 84.1 Å². The van der Waals surface area contributed by atoms with E-state index >= 15 is 0 Å². The highest BCUT2D eigenvalue weighted by Gasteiger charge is 2.72. The third-order valence-corrected chi connectivity index (χ3v) is 13.7. The number of aromatic amines is 1. The van der Waals surface area contributed by atoms with Crippen LogP contribution in [0.4, 0.5) is 0 Å². The van der Waals surface area contributed by atoms with E-state index in [-0.39, 0.29) is 35.4 Å². The Morgan fingerprint density at radius 3 is 2.39 bits per heavy atom. The second kappa shape index (κ2) is 14.1. The number of carbonyl (C=O) groups excluding carboxylic acids is 1. The molecule has 0 radical (unpaired) electrons. The summed E-state index contributed by atoms with van der Waals surface area (Å²) in [6.07, 6.45) is 0.159. The topological polar surface area (TPSA) is 194 Å². The third-order valence-electron chi connectivity index (χ3n) is 13.7. The monoisotopic (exact) mass is 766 g/mol. The summed E-state index contributed by atoms with van der Waals surface area (Å²) in [6, 6.07) is 22.9. The van der Waals surface area contributed by atoms with E-state index in [1.54, 1.807) is 12.1 Å². The molecule has 4 aliphatic rings. The van der Waals surface area contributed by atoms with Crippen LogP contribution in [-0.4, -0.2) is 97.6 Å². The van der Waals surface area contributed by atoms with Gasteiger partial charge in [-0.1, -0.05) is 61.7 Å². The van der Waals surface area contributed by atoms with Crippen LogP contribution in [0.5, 0.6) is 11.5 Å². The first-order chi connectivity index (χ1) is 27.0. The van der Waals surface area contributed by atoms with Crippen LogP contribution < -0.4 is 10.1 Å². The SMILES string of the molecule is CNC[C@@H]1C[C@@H]2C[C@@]3(O)[C@@H](O[C@@H]2[C@H](C2(c4ccc(O)cc4)CCCCC2)[C@@H]1O)[C@H](C(=O)Oc1c(CO)[nH]c2ccc4cc5ccccc5cc4c12)O[C@@]3(O)CO. The van der Waals surface area contributed by atoms with Crippen molar-refractivity contribution in [3.8, 4) is 11.5 Å². The molecule has 5 aromatic rings. The zero-order chi connectivity index (χ0) is 39.0. The molecule has 2 aliphatic heterocycles. The van der Waals surface area contributed by atoms with Gasteiger partial charge >= 0.3 is 5.97 Å². The molecule has 9 rings (SSSR count). The van der Waals surface area contributed by atoms with Gasteiger partial charge in [-0.25, -0.2) is 4.79 Å². The van der Waals surface area contributed by atoms with Gasteiger partial charge in [0.2, 0.25) is 5.79 Å². The number of aromatic nitrogens is 1. The number of hydrogen-bond donors (Lipinski definition) is 8. The van der Waals surface area contributed by atoms with Gasteiger partial charge in [0.05, 0.1) is 35.4 Å². The summed E-state index contributed by atoms with van der Waals surface area (Å²) in [5.41, 5.74) is -0.899. The number of rotatable bonds is 8. The highest BCUT2D eigenvalue weighted by molar-refractivity contribution is 6.14. The van der Waals surface area contributed by atoms with Crippen LogP contribution in [0.15, 0.2) is 72.8 Å². The number of aromatic hydroxyl groups is 1. The number of esters is 1. The summed E-state index contributed by atoms with van der Waals surface area (Å²) in [4.78, 5) is 17.7. The Morgan fingerprint density at radius 1 is 0.964 bits per heavy atom. The summed E-state index contributed by atoms with van der Waals surface area (Å²) >= 11 is 0. The Kier molecular flexibility index (Phi) is 9.41. The average Bonchev–Trinajstić information content (AvgIpc) is 3.68. The zero-order valence-corrected chi connectivity index (χ0v) is 31.4. The number of hydrogen-bond acceptors (Lipinski definition) is 11. The highest BCUT2D eigenvalue weighted by atomic mass is 16.7. The van der Waals surface area contributed by atoms with Gasteiger partial charge in [-0.05, 0) is 102 Å². The summed E-state index contributed by atoms with van der Waals surface area (Å²) in [7, 11) is 1.83. The molecule has 2 aliphatic carbocycles. The molecule has 0 unspecified atom stereocenters. The van der Waals surface area contributed by atoms with Gasteiger partial charge in [-0.15, -0.1) is 0 Å². The summed E-state index contributed by atoms with van der Waals surface area (Å²) in [6.45, 7) is -0.980. The molecule has 12 heteroatoms. The normalized spacial score (nSPS) is 32.7. The van der Waals surface area contributed by atoms with Crippen LogP contribution >= 0.6 is 0 Å². The van der Waals surface area contributed by atoms with Gasteiger partial charge in [0.1, 0.15) is 18.5 Å². The van der Waals surface area contributed by atoms with E-state index in [9.17, 15) is 35.4 Å². The smallest absolute Gasteiger partial charge is 0.343 e. The van der Waals surface area contributed by atoms with Gasteiger partial charge in [0.15, 0.2) is 17.5 Å². The van der Waals surface area contributed by atoms with Gasteiger partial charge in [0.25, 0.3) is 0 Å². The minimum Gasteiger partial charge on any atom is -0.508 e. The Morgan fingerprint density at radius 2 is 1.70 bits per heavy atom. The second-order valence-corrected chi connectivity index (χ2v) is 16.6. The van der Waals surface area contributed by atoms with Crippen molar-refractivity contribution in [1.29, 1.82) is 0 Å². The van der Waals surface area contributed by atoms with Crippen LogP contribution in [0, 0.1) is 17.8 Å². The maximum Gasteiger partial charge on any atom is 0.343 e. The number of phenols is 1. The van der Waals surface area contributed by atoms with Crippen LogP contribution in [-0.2, 0) is 26.3 Å². The quantitative estimate of drug-likeness (QED) is 0.0831. The summed E-state index contributed by atoms with van der Waals surface area (Å²) < 4.78 is 19.1. The molecule has 8 N–H and O–H groups in total. The van der Waals surface area contributed by atoms with E-state index in [2.05, 4.69) is 10.3 Å². The molecule has 296 valence electrons. The molecule has 0 bridgehead atoms. The number of aliphatic hydroxyl groups is 5. The Hall–Kier alpha value is -4.11. The minimum atomic E-state index is -2.57. The predicted octanol–water partition coefficient (Wildman–Crippen LogP) is 4.28. The fourth-order valence-corrected chi connectivity index (χ4v) is 11.1. The maximum absolute atomic E-state index is 14.5. The Labute approximate surface area is 324 Å². The first-order valence-electron chi connectivity index (χ1n) is 19.8. The van der Waals surface area contributed by atoms with Crippen LogP contribution in [0.2, 0.25) is 0 Å². The van der Waals surface area contributed by atoms with Crippen molar-refractivity contribution < 1.29 is 49.6 Å². The molecule has 4 aromatic carbocycles. The van der Waals surface area contributed by atoms with E-state index < -0.39 is 66.3 Å². The molecular formula is C44H50N2O10. The molecular weight excluding hydrogens is 716 g/mol. The van der Waals surface area contributed by atoms with Crippen molar-refractivity contribution in [2.75, 3.05) is 20.2 Å². The maximum atomic E-state index is 14.5. The van der Waals surface area contributed by atoms with E-state index in [4.69, 9.17) is 14.2 Å². The van der Waals surface area contributed by atoms with Gasteiger partial charge < -0.3 is 55.2 Å². The number of ether oxygens (including phenoxy) is 3. The Balaban J connectivity index is 1.12. The van der Waals surface area contributed by atoms with Gasteiger partial charge in [0, 0.05) is 17.9 Å². The lowest BCUT2D eigenvalue weighted by Crippen LogP contribution is -2.69. The summed E-state index contributed by atoms with van der Waals surface area (Å²) in [5, 5.41) is 75.5. The standard InChI is InChI=1S/C44H50N2O10/c1-45-21-28-18-27-20-43(52)40(54-37(27)35(36(28)50)42(15-5-2-6-16-42)29-10-12-30(49)13-11-29)39(56-44(43,53)23-48)41(51)55-38-33(22-47)46-32-14-9-26-17-24-7-3-4-8-25(24)19-31(26)34(32)38/h3-4,7-14,17,19,27-28,35-37,39-40,45-50,52-53H,2,5-6,15-16,18,20-23H2,1H3/t27-,28+,35-,36-,37+,39-,40+,43-,44+/m1/s1. The van der Waals surface area contributed by atoms with Gasteiger partial charge in [-0.2, -0.15) is 0 Å². The molecule has 2 saturated heterocycles. The predicted molar refractivity (Wildman–Crippen MR) is 208 cm³/mol. The second-order valence-electron chi connectivity index (χ2n) is 16.6. The van der Waals surface area contributed by atoms with Crippen molar-refractivity contribution in [2.45, 2.75) is 92.8 Å². The van der Waals surface area contributed by atoms with E-state index in [0.29, 0.717) is 23.9 Å². The van der Waals surface area contributed by atoms with Crippen molar-refractivity contribution >= 4 is 38.4 Å². The molecule has 3 heterocycles. The molecule has 4 fully saturated rings. The molecule has 9 atom stereocenters. The van der Waals surface area contributed by atoms with Crippen LogP contribution in [0.3, 0.4) is 0 Å².